The predicted molar refractivity (Wildman–Crippen MR) is 93.1 cm³/mol. The molecule has 0 amide bonds. The van der Waals surface area contributed by atoms with E-state index >= 15 is 0 Å². The number of alkyl halides is 1. The lowest BCUT2D eigenvalue weighted by atomic mass is 10.0. The molecule has 0 heterocycles. The van der Waals surface area contributed by atoms with Crippen LogP contribution in [0.1, 0.15) is 24.2 Å². The van der Waals surface area contributed by atoms with Gasteiger partial charge in [-0.05, 0) is 30.2 Å². The summed E-state index contributed by atoms with van der Waals surface area (Å²) in [7, 11) is 0. The van der Waals surface area contributed by atoms with Gasteiger partial charge in [-0.15, -0.1) is 0 Å². The maximum atomic E-state index is 10.1. The monoisotopic (exact) mass is 380 g/mol. The van der Waals surface area contributed by atoms with Crippen molar-refractivity contribution >= 4 is 15.9 Å². The van der Waals surface area contributed by atoms with Crippen molar-refractivity contribution in [2.45, 2.75) is 25.7 Å². The third-order valence-corrected chi connectivity index (χ3v) is 4.03. The highest BCUT2D eigenvalue weighted by Gasteiger charge is 2.19. The Kier molecular flexibility index (Phi) is 6.89. The molecule has 5 heteroatoms. The molecule has 2 rings (SSSR count). The van der Waals surface area contributed by atoms with Gasteiger partial charge < -0.3 is 19.7 Å². The van der Waals surface area contributed by atoms with Crippen LogP contribution < -0.4 is 9.47 Å². The van der Waals surface area contributed by atoms with E-state index in [2.05, 4.69) is 15.9 Å². The summed E-state index contributed by atoms with van der Waals surface area (Å²) in [4.78, 5) is 0. The van der Waals surface area contributed by atoms with Crippen LogP contribution in [0.5, 0.6) is 11.5 Å². The first kappa shape index (κ1) is 17.8. The zero-order valence-electron chi connectivity index (χ0n) is 13.0. The molecule has 124 valence electrons. The Labute approximate surface area is 144 Å². The molecule has 0 spiro atoms. The van der Waals surface area contributed by atoms with E-state index in [0.717, 1.165) is 5.56 Å². The van der Waals surface area contributed by atoms with Gasteiger partial charge >= 0.3 is 0 Å². The first-order valence-electron chi connectivity index (χ1n) is 7.51. The van der Waals surface area contributed by atoms with E-state index in [-0.39, 0.29) is 0 Å². The molecule has 2 aromatic rings. The maximum absolute atomic E-state index is 10.1. The summed E-state index contributed by atoms with van der Waals surface area (Å²) in [5.74, 6) is 1.17. The second-order valence-electron chi connectivity index (χ2n) is 5.08. The number of hydrogen-bond acceptors (Lipinski definition) is 4. The summed E-state index contributed by atoms with van der Waals surface area (Å²) < 4.78 is 11.4. The number of halogens is 1. The molecule has 4 nitrogen and oxygen atoms in total. The number of rotatable bonds is 8. The van der Waals surface area contributed by atoms with Crippen LogP contribution in [0.4, 0.5) is 0 Å². The van der Waals surface area contributed by atoms with Gasteiger partial charge in [-0.2, -0.15) is 0 Å². The van der Waals surface area contributed by atoms with Gasteiger partial charge in [0.25, 0.3) is 0 Å². The standard InChI is InChI=1S/C18H21BrO4/c1-2-22-17-10-14(18(21)15(20)11-19)8-9-16(17)23-12-13-6-4-3-5-7-13/h3-10,15,18,20-21H,2,11-12H2,1H3. The van der Waals surface area contributed by atoms with Crippen LogP contribution in [-0.2, 0) is 6.61 Å². The Bertz CT molecular complexity index is 603. The van der Waals surface area contributed by atoms with Crippen LogP contribution in [0.3, 0.4) is 0 Å². The second-order valence-corrected chi connectivity index (χ2v) is 5.73. The minimum Gasteiger partial charge on any atom is -0.490 e. The van der Waals surface area contributed by atoms with Gasteiger partial charge in [0, 0.05) is 5.33 Å². The van der Waals surface area contributed by atoms with Crippen molar-refractivity contribution in [1.29, 1.82) is 0 Å². The van der Waals surface area contributed by atoms with Gasteiger partial charge in [-0.1, -0.05) is 52.3 Å². The number of hydrogen-bond donors (Lipinski definition) is 2. The van der Waals surface area contributed by atoms with Gasteiger partial charge in [0.15, 0.2) is 11.5 Å². The molecule has 0 radical (unpaired) electrons. The molecule has 2 unspecified atom stereocenters. The van der Waals surface area contributed by atoms with E-state index < -0.39 is 12.2 Å². The SMILES string of the molecule is CCOc1cc(C(O)C(O)CBr)ccc1OCc1ccccc1. The van der Waals surface area contributed by atoms with Crippen molar-refractivity contribution in [1.82, 2.24) is 0 Å². The lowest BCUT2D eigenvalue weighted by Gasteiger charge is -2.18. The molecular formula is C18H21BrO4. The summed E-state index contributed by atoms with van der Waals surface area (Å²) in [5.41, 5.74) is 1.65. The van der Waals surface area contributed by atoms with E-state index in [0.29, 0.717) is 35.6 Å². The van der Waals surface area contributed by atoms with Crippen molar-refractivity contribution in [3.05, 3.63) is 59.7 Å². The van der Waals surface area contributed by atoms with Crippen molar-refractivity contribution in [2.24, 2.45) is 0 Å². The molecule has 0 aliphatic rings. The summed E-state index contributed by atoms with van der Waals surface area (Å²) in [5, 5.41) is 20.2. The molecule has 0 aliphatic heterocycles. The Morgan fingerprint density at radius 3 is 2.39 bits per heavy atom. The minimum absolute atomic E-state index is 0.296. The van der Waals surface area contributed by atoms with Crippen LogP contribution in [0, 0.1) is 0 Å². The third-order valence-electron chi connectivity index (χ3n) is 3.37. The quantitative estimate of drug-likeness (QED) is 0.688. The van der Waals surface area contributed by atoms with E-state index in [1.54, 1.807) is 18.2 Å². The highest BCUT2D eigenvalue weighted by molar-refractivity contribution is 9.09. The number of aliphatic hydroxyl groups is 2. The Morgan fingerprint density at radius 2 is 1.74 bits per heavy atom. The van der Waals surface area contributed by atoms with Crippen molar-refractivity contribution < 1.29 is 19.7 Å². The largest absolute Gasteiger partial charge is 0.490 e. The summed E-state index contributed by atoms with van der Waals surface area (Å²) in [6.07, 6.45) is -1.85. The molecule has 0 saturated heterocycles. The molecule has 2 aromatic carbocycles. The number of ether oxygens (including phenoxy) is 2. The lowest BCUT2D eigenvalue weighted by molar-refractivity contribution is 0.0341. The fraction of sp³-hybridized carbons (Fsp3) is 0.333. The van der Waals surface area contributed by atoms with Crippen LogP contribution in [0.15, 0.2) is 48.5 Å². The van der Waals surface area contributed by atoms with Crippen molar-refractivity contribution in [3.63, 3.8) is 0 Å². The fourth-order valence-electron chi connectivity index (χ4n) is 2.14. The van der Waals surface area contributed by atoms with Gasteiger partial charge in [0.1, 0.15) is 12.7 Å². The molecule has 2 atom stereocenters. The van der Waals surface area contributed by atoms with E-state index in [4.69, 9.17) is 9.47 Å². The van der Waals surface area contributed by atoms with E-state index in [1.807, 2.05) is 37.3 Å². The zero-order chi connectivity index (χ0) is 16.7. The van der Waals surface area contributed by atoms with Gasteiger partial charge in [0.2, 0.25) is 0 Å². The molecule has 0 aromatic heterocycles. The zero-order valence-corrected chi connectivity index (χ0v) is 14.6. The summed E-state index contributed by atoms with van der Waals surface area (Å²) in [6, 6.07) is 15.1. The molecule has 0 fully saturated rings. The van der Waals surface area contributed by atoms with Gasteiger partial charge in [-0.3, -0.25) is 0 Å². The number of benzene rings is 2. The van der Waals surface area contributed by atoms with E-state index in [1.165, 1.54) is 0 Å². The fourth-order valence-corrected chi connectivity index (χ4v) is 2.49. The second kappa shape index (κ2) is 8.91. The first-order chi connectivity index (χ1) is 11.2. The molecule has 2 N–H and O–H groups in total. The molecule has 0 bridgehead atoms. The lowest BCUT2D eigenvalue weighted by Crippen LogP contribution is -2.19. The van der Waals surface area contributed by atoms with Crippen molar-refractivity contribution in [2.75, 3.05) is 11.9 Å². The average Bonchev–Trinajstić information content (AvgIpc) is 2.60. The van der Waals surface area contributed by atoms with Crippen molar-refractivity contribution in [3.8, 4) is 11.5 Å². The molecule has 23 heavy (non-hydrogen) atoms. The highest BCUT2D eigenvalue weighted by atomic mass is 79.9. The third kappa shape index (κ3) is 4.96. The smallest absolute Gasteiger partial charge is 0.161 e. The van der Waals surface area contributed by atoms with Crippen LogP contribution >= 0.6 is 15.9 Å². The summed E-state index contributed by atoms with van der Waals surface area (Å²) >= 11 is 3.16. The molecule has 0 aliphatic carbocycles. The van der Waals surface area contributed by atoms with Gasteiger partial charge in [0.05, 0.1) is 12.7 Å². The van der Waals surface area contributed by atoms with Crippen LogP contribution in [0.25, 0.3) is 0 Å². The topological polar surface area (TPSA) is 58.9 Å². The number of aliphatic hydroxyl groups excluding tert-OH is 2. The maximum Gasteiger partial charge on any atom is 0.161 e. The average molecular weight is 381 g/mol. The van der Waals surface area contributed by atoms with Gasteiger partial charge in [-0.25, -0.2) is 0 Å². The first-order valence-corrected chi connectivity index (χ1v) is 8.63. The normalized spacial score (nSPS) is 13.4. The molecule has 0 saturated carbocycles. The predicted octanol–water partition coefficient (Wildman–Crippen LogP) is 3.45. The minimum atomic E-state index is -0.975. The Morgan fingerprint density at radius 1 is 1.00 bits per heavy atom. The molecular weight excluding hydrogens is 360 g/mol. The summed E-state index contributed by atoms with van der Waals surface area (Å²) in [6.45, 7) is 2.81. The Hall–Kier alpha value is -1.56. The van der Waals surface area contributed by atoms with E-state index in [9.17, 15) is 10.2 Å². The highest BCUT2D eigenvalue weighted by Crippen LogP contribution is 2.32. The Balaban J connectivity index is 2.15. The van der Waals surface area contributed by atoms with Crippen LogP contribution in [0.2, 0.25) is 0 Å². The van der Waals surface area contributed by atoms with Crippen LogP contribution in [-0.4, -0.2) is 28.3 Å².